The van der Waals surface area contributed by atoms with Gasteiger partial charge in [-0.25, -0.2) is 0 Å². The van der Waals surface area contributed by atoms with E-state index in [1.807, 2.05) is 6.07 Å². The molecule has 0 saturated heterocycles. The van der Waals surface area contributed by atoms with Crippen molar-refractivity contribution in [1.82, 2.24) is 5.32 Å². The Morgan fingerprint density at radius 1 is 1.60 bits per heavy atom. The molecule has 5 heteroatoms. The molecule has 0 aliphatic rings. The second-order valence-corrected chi connectivity index (χ2v) is 2.94. The molecular formula is C10H12N4O. The summed E-state index contributed by atoms with van der Waals surface area (Å²) in [5.41, 5.74) is 7.28. The normalized spacial score (nSPS) is 9.07. The lowest BCUT2D eigenvalue weighted by atomic mass is 10.2. The van der Waals surface area contributed by atoms with Gasteiger partial charge in [-0.15, -0.1) is 0 Å². The van der Waals surface area contributed by atoms with Gasteiger partial charge in [0.05, 0.1) is 29.6 Å². The summed E-state index contributed by atoms with van der Waals surface area (Å²) in [7, 11) is 1.55. The first-order chi connectivity index (χ1) is 7.17. The number of nitrogen functional groups attached to an aromatic ring is 1. The number of nitrogens with two attached hydrogens (primary N) is 1. The summed E-state index contributed by atoms with van der Waals surface area (Å²) in [5.74, 6) is -0.142. The summed E-state index contributed by atoms with van der Waals surface area (Å²) in [6.45, 7) is 0.135. The minimum absolute atomic E-state index is 0.135. The van der Waals surface area contributed by atoms with Gasteiger partial charge < -0.3 is 16.4 Å². The fraction of sp³-hybridized carbons (Fsp3) is 0.200. The van der Waals surface area contributed by atoms with E-state index in [1.165, 1.54) is 0 Å². The first kappa shape index (κ1) is 10.9. The van der Waals surface area contributed by atoms with E-state index >= 15 is 0 Å². The smallest absolute Gasteiger partial charge is 0.239 e. The fourth-order valence-electron chi connectivity index (χ4n) is 1.04. The zero-order valence-corrected chi connectivity index (χ0v) is 8.37. The number of rotatable bonds is 3. The number of nitriles is 1. The summed E-state index contributed by atoms with van der Waals surface area (Å²) < 4.78 is 0. The Hall–Kier alpha value is -2.22. The van der Waals surface area contributed by atoms with E-state index in [-0.39, 0.29) is 12.5 Å². The molecule has 78 valence electrons. The van der Waals surface area contributed by atoms with Crippen molar-refractivity contribution in [2.45, 2.75) is 0 Å². The van der Waals surface area contributed by atoms with Gasteiger partial charge in [-0.3, -0.25) is 4.79 Å². The Morgan fingerprint density at radius 2 is 2.33 bits per heavy atom. The molecule has 1 aromatic rings. The molecule has 0 aliphatic carbocycles. The van der Waals surface area contributed by atoms with Gasteiger partial charge in [0, 0.05) is 7.05 Å². The Labute approximate surface area is 87.9 Å². The van der Waals surface area contributed by atoms with Crippen LogP contribution in [0.2, 0.25) is 0 Å². The minimum Gasteiger partial charge on any atom is -0.397 e. The van der Waals surface area contributed by atoms with E-state index in [0.29, 0.717) is 16.9 Å². The summed E-state index contributed by atoms with van der Waals surface area (Å²) >= 11 is 0. The molecular weight excluding hydrogens is 192 g/mol. The Morgan fingerprint density at radius 3 is 2.93 bits per heavy atom. The molecule has 0 aromatic heterocycles. The fourth-order valence-corrected chi connectivity index (χ4v) is 1.04. The third-order valence-corrected chi connectivity index (χ3v) is 1.90. The van der Waals surface area contributed by atoms with Crippen molar-refractivity contribution in [3.05, 3.63) is 23.8 Å². The predicted molar refractivity (Wildman–Crippen MR) is 58.1 cm³/mol. The van der Waals surface area contributed by atoms with Gasteiger partial charge in [-0.2, -0.15) is 5.26 Å². The van der Waals surface area contributed by atoms with E-state index in [2.05, 4.69) is 10.6 Å². The van der Waals surface area contributed by atoms with Crippen LogP contribution in [-0.4, -0.2) is 19.5 Å². The second-order valence-electron chi connectivity index (χ2n) is 2.94. The van der Waals surface area contributed by atoms with Gasteiger partial charge in [0.1, 0.15) is 0 Å². The van der Waals surface area contributed by atoms with E-state index in [1.54, 1.807) is 25.2 Å². The number of carbonyl (C=O) groups is 1. The molecule has 0 spiro atoms. The van der Waals surface area contributed by atoms with Crippen molar-refractivity contribution in [3.63, 3.8) is 0 Å². The minimum atomic E-state index is -0.142. The molecule has 0 saturated carbocycles. The number of hydrogen-bond donors (Lipinski definition) is 3. The van der Waals surface area contributed by atoms with Crippen LogP contribution in [0.1, 0.15) is 5.56 Å². The highest BCUT2D eigenvalue weighted by Crippen LogP contribution is 2.18. The van der Waals surface area contributed by atoms with Crippen molar-refractivity contribution in [2.24, 2.45) is 0 Å². The summed E-state index contributed by atoms with van der Waals surface area (Å²) in [6, 6.07) is 6.86. The number of nitrogens with one attached hydrogen (secondary N) is 2. The highest BCUT2D eigenvalue weighted by molar-refractivity contribution is 5.82. The van der Waals surface area contributed by atoms with Crippen molar-refractivity contribution in [3.8, 4) is 6.07 Å². The molecule has 0 radical (unpaired) electrons. The molecule has 1 amide bonds. The number of hydrogen-bond acceptors (Lipinski definition) is 4. The predicted octanol–water partition coefficient (Wildman–Crippen LogP) is 0.298. The lowest BCUT2D eigenvalue weighted by molar-refractivity contribution is -0.118. The van der Waals surface area contributed by atoms with Crippen molar-refractivity contribution in [2.75, 3.05) is 24.6 Å². The van der Waals surface area contributed by atoms with E-state index < -0.39 is 0 Å². The first-order valence-corrected chi connectivity index (χ1v) is 4.41. The third kappa shape index (κ3) is 2.88. The van der Waals surface area contributed by atoms with Crippen LogP contribution in [0.4, 0.5) is 11.4 Å². The average molecular weight is 204 g/mol. The van der Waals surface area contributed by atoms with E-state index in [4.69, 9.17) is 11.0 Å². The number of benzene rings is 1. The van der Waals surface area contributed by atoms with Crippen molar-refractivity contribution in [1.29, 1.82) is 5.26 Å². The van der Waals surface area contributed by atoms with Gasteiger partial charge in [-0.1, -0.05) is 0 Å². The molecule has 1 aromatic carbocycles. The van der Waals surface area contributed by atoms with E-state index in [0.717, 1.165) is 0 Å². The number of carbonyl (C=O) groups excluding carboxylic acids is 1. The molecule has 0 bridgehead atoms. The van der Waals surface area contributed by atoms with Gasteiger partial charge in [0.2, 0.25) is 5.91 Å². The van der Waals surface area contributed by atoms with E-state index in [9.17, 15) is 4.79 Å². The van der Waals surface area contributed by atoms with Crippen LogP contribution in [0.5, 0.6) is 0 Å². The molecule has 0 heterocycles. The standard InChI is InChI=1S/C10H12N4O/c1-13-10(15)6-14-9-4-7(5-11)2-3-8(9)12/h2-4,14H,6,12H2,1H3,(H,13,15). The van der Waals surface area contributed by atoms with Gasteiger partial charge in [0.25, 0.3) is 0 Å². The molecule has 0 fully saturated rings. The first-order valence-electron chi connectivity index (χ1n) is 4.41. The average Bonchev–Trinajstić information content (AvgIpc) is 2.27. The molecule has 1 rings (SSSR count). The number of amides is 1. The van der Waals surface area contributed by atoms with Gasteiger partial charge in [-0.05, 0) is 18.2 Å². The lowest BCUT2D eigenvalue weighted by Gasteiger charge is -2.08. The van der Waals surface area contributed by atoms with Crippen molar-refractivity contribution < 1.29 is 4.79 Å². The third-order valence-electron chi connectivity index (χ3n) is 1.90. The van der Waals surface area contributed by atoms with Crippen molar-refractivity contribution >= 4 is 17.3 Å². The molecule has 15 heavy (non-hydrogen) atoms. The Bertz CT molecular complexity index is 408. The second kappa shape index (κ2) is 4.86. The van der Waals surface area contributed by atoms with Crippen LogP contribution in [0, 0.1) is 11.3 Å². The summed E-state index contributed by atoms with van der Waals surface area (Å²) in [4.78, 5) is 11.0. The van der Waals surface area contributed by atoms with Crippen LogP contribution in [0.3, 0.4) is 0 Å². The van der Waals surface area contributed by atoms with Gasteiger partial charge >= 0.3 is 0 Å². The topological polar surface area (TPSA) is 90.9 Å². The maximum atomic E-state index is 11.0. The summed E-state index contributed by atoms with van der Waals surface area (Å²) in [6.07, 6.45) is 0. The largest absolute Gasteiger partial charge is 0.397 e. The SMILES string of the molecule is CNC(=O)CNc1cc(C#N)ccc1N. The Balaban J connectivity index is 2.76. The highest BCUT2D eigenvalue weighted by atomic mass is 16.1. The zero-order valence-electron chi connectivity index (χ0n) is 8.37. The van der Waals surface area contributed by atoms with Crippen LogP contribution in [0.15, 0.2) is 18.2 Å². The number of likely N-dealkylation sites (N-methyl/N-ethyl adjacent to an activating group) is 1. The highest BCUT2D eigenvalue weighted by Gasteiger charge is 2.02. The van der Waals surface area contributed by atoms with Gasteiger partial charge in [0.15, 0.2) is 0 Å². The molecule has 0 unspecified atom stereocenters. The van der Waals surface area contributed by atoms with Crippen LogP contribution >= 0.6 is 0 Å². The monoisotopic (exact) mass is 204 g/mol. The number of anilines is 2. The van der Waals surface area contributed by atoms with Crippen LogP contribution in [-0.2, 0) is 4.79 Å². The maximum absolute atomic E-state index is 11.0. The zero-order chi connectivity index (χ0) is 11.3. The van der Waals surface area contributed by atoms with Crippen LogP contribution < -0.4 is 16.4 Å². The molecule has 0 aliphatic heterocycles. The molecule has 5 nitrogen and oxygen atoms in total. The number of nitrogens with zero attached hydrogens (tertiary/aromatic N) is 1. The quantitative estimate of drug-likeness (QED) is 0.617. The maximum Gasteiger partial charge on any atom is 0.239 e. The summed E-state index contributed by atoms with van der Waals surface area (Å²) in [5, 5.41) is 14.0. The van der Waals surface area contributed by atoms with Crippen LogP contribution in [0.25, 0.3) is 0 Å². The lowest BCUT2D eigenvalue weighted by Crippen LogP contribution is -2.26. The molecule has 4 N–H and O–H groups in total. The molecule has 0 atom stereocenters. The Kier molecular flexibility index (Phi) is 3.52.